The maximum absolute atomic E-state index is 14.0. The molecule has 0 spiro atoms. The highest BCUT2D eigenvalue weighted by Crippen LogP contribution is 2.54. The molecule has 13 nitrogen and oxygen atoms in total. The Balaban J connectivity index is 1.92. The summed E-state index contributed by atoms with van der Waals surface area (Å²) in [7, 11) is 10.1. The van der Waals surface area contributed by atoms with Gasteiger partial charge in [-0.25, -0.2) is 4.79 Å². The lowest BCUT2D eigenvalue weighted by Crippen LogP contribution is -2.65. The Morgan fingerprint density at radius 3 is 2.27 bits per heavy atom. The number of ether oxygens (including phenoxy) is 1. The van der Waals surface area contributed by atoms with Crippen LogP contribution in [0.1, 0.15) is 27.9 Å². The molecule has 4 rings (SSSR count). The smallest absolute Gasteiger partial charge is 0.342 e. The van der Waals surface area contributed by atoms with E-state index in [1.165, 1.54) is 25.1 Å². The second-order valence-electron chi connectivity index (χ2n) is 11.4. The first kappa shape index (κ1) is 30.0. The molecule has 0 aromatic heterocycles. The summed E-state index contributed by atoms with van der Waals surface area (Å²) < 4.78 is 5.30. The second-order valence-corrected chi connectivity index (χ2v) is 11.4. The number of carbonyl (C=O) groups is 4. The molecular formula is C28H36N4O9. The number of Topliss-reactive ketones (excluding diaryl/α,β-unsaturated/α-hetero) is 2. The summed E-state index contributed by atoms with van der Waals surface area (Å²) in [6.45, 7) is 0.477. The molecule has 1 aromatic rings. The third-order valence-corrected chi connectivity index (χ3v) is 8.17. The van der Waals surface area contributed by atoms with Gasteiger partial charge in [0.2, 0.25) is 5.78 Å². The molecule has 3 aliphatic rings. The largest absolute Gasteiger partial charge is 0.508 e. The van der Waals surface area contributed by atoms with Crippen LogP contribution in [0.4, 0.5) is 5.69 Å². The molecule has 222 valence electrons. The highest BCUT2D eigenvalue weighted by Gasteiger charge is 2.64. The van der Waals surface area contributed by atoms with E-state index in [9.17, 15) is 39.6 Å². The number of benzene rings is 1. The average molecular weight is 573 g/mol. The summed E-state index contributed by atoms with van der Waals surface area (Å²) in [5, 5.41) is 45.4. The number of aliphatic hydroxyl groups excluding tert-OH is 2. The molecule has 0 bridgehead atoms. The zero-order chi connectivity index (χ0) is 30.7. The SMILES string of the molecule is CN(C)CCOC(=O)c1cc(N(C)C)c2c(c1O)C(O)=C1C(=O)[C@]3(O)C(O)=C(C(N)=O)C(=O)[C@@H](N(C)C)[C@@H]3C[C@@H]1C2. The van der Waals surface area contributed by atoms with Crippen LogP contribution in [0.25, 0.3) is 5.76 Å². The quantitative estimate of drug-likeness (QED) is 0.213. The van der Waals surface area contributed by atoms with Gasteiger partial charge in [0.05, 0.1) is 11.6 Å². The number of hydrogen-bond acceptors (Lipinski definition) is 12. The van der Waals surface area contributed by atoms with Gasteiger partial charge in [0.15, 0.2) is 11.4 Å². The minimum absolute atomic E-state index is 0.0340. The van der Waals surface area contributed by atoms with Crippen molar-refractivity contribution in [3.8, 4) is 5.75 Å². The van der Waals surface area contributed by atoms with Crippen LogP contribution in [-0.2, 0) is 25.5 Å². The van der Waals surface area contributed by atoms with Crippen molar-refractivity contribution >= 4 is 34.9 Å². The van der Waals surface area contributed by atoms with Gasteiger partial charge in [-0.05, 0) is 58.6 Å². The highest BCUT2D eigenvalue weighted by molar-refractivity contribution is 6.24. The fourth-order valence-corrected chi connectivity index (χ4v) is 6.25. The summed E-state index contributed by atoms with van der Waals surface area (Å²) >= 11 is 0. The number of primary amides is 1. The summed E-state index contributed by atoms with van der Waals surface area (Å²) in [6.07, 6.45) is 0.0687. The molecule has 0 heterocycles. The Bertz CT molecular complexity index is 1410. The third kappa shape index (κ3) is 4.53. The monoisotopic (exact) mass is 572 g/mol. The standard InChI is InChI=1S/C28H36N4O9/c1-30(2)7-8-41-27(39)14-11-16(31(3)4)13-9-12-10-15-20(32(5)6)23(35)19(26(29)38)25(37)28(15,40)24(36)17(12)22(34)18(13)21(14)33/h11-12,15,20,33-34,37,40H,7-10H2,1-6H3,(H2,29,38)/t12-,15-,20-,28-/m0/s1. The molecule has 13 heteroatoms. The zero-order valence-corrected chi connectivity index (χ0v) is 23.9. The van der Waals surface area contributed by atoms with Crippen molar-refractivity contribution in [2.75, 3.05) is 60.3 Å². The molecule has 0 saturated heterocycles. The Labute approximate surface area is 237 Å². The number of phenolic OH excluding ortho intramolecular Hbond substituents is 1. The maximum atomic E-state index is 14.0. The van der Waals surface area contributed by atoms with Gasteiger partial charge in [-0.3, -0.25) is 19.3 Å². The van der Waals surface area contributed by atoms with Gasteiger partial charge in [-0.2, -0.15) is 0 Å². The first-order valence-electron chi connectivity index (χ1n) is 13.1. The van der Waals surface area contributed by atoms with Crippen LogP contribution in [0.2, 0.25) is 0 Å². The Kier molecular flexibility index (Phi) is 7.67. The molecular weight excluding hydrogens is 536 g/mol. The molecule has 1 fully saturated rings. The Hall–Kier alpha value is -3.94. The van der Waals surface area contributed by atoms with E-state index in [-0.39, 0.29) is 36.1 Å². The van der Waals surface area contributed by atoms with E-state index in [1.54, 1.807) is 33.1 Å². The lowest BCUT2D eigenvalue weighted by molar-refractivity contribution is -0.153. The van der Waals surface area contributed by atoms with E-state index in [4.69, 9.17) is 10.5 Å². The number of hydrogen-bond donors (Lipinski definition) is 5. The van der Waals surface area contributed by atoms with Crippen LogP contribution >= 0.6 is 0 Å². The van der Waals surface area contributed by atoms with Crippen molar-refractivity contribution in [1.82, 2.24) is 9.80 Å². The fourth-order valence-electron chi connectivity index (χ4n) is 6.25. The van der Waals surface area contributed by atoms with Gasteiger partial charge in [-0.1, -0.05) is 0 Å². The number of esters is 1. The van der Waals surface area contributed by atoms with Crippen LogP contribution in [0.5, 0.6) is 5.75 Å². The van der Waals surface area contributed by atoms with Gasteiger partial charge in [0, 0.05) is 37.8 Å². The first-order valence-corrected chi connectivity index (χ1v) is 13.1. The number of anilines is 1. The van der Waals surface area contributed by atoms with E-state index >= 15 is 0 Å². The number of aliphatic hydroxyl groups is 3. The highest BCUT2D eigenvalue weighted by atomic mass is 16.5. The van der Waals surface area contributed by atoms with E-state index in [0.29, 0.717) is 17.8 Å². The molecule has 3 aliphatic carbocycles. The van der Waals surface area contributed by atoms with E-state index < -0.39 is 69.8 Å². The van der Waals surface area contributed by atoms with Crippen molar-refractivity contribution in [2.24, 2.45) is 17.6 Å². The number of carbonyl (C=O) groups excluding carboxylic acids is 4. The summed E-state index contributed by atoms with van der Waals surface area (Å²) in [4.78, 5) is 57.2. The summed E-state index contributed by atoms with van der Waals surface area (Å²) in [5.41, 5.74) is 1.96. The molecule has 0 radical (unpaired) electrons. The minimum atomic E-state index is -2.74. The topological polar surface area (TPSA) is 194 Å². The van der Waals surface area contributed by atoms with Crippen molar-refractivity contribution in [3.63, 3.8) is 0 Å². The summed E-state index contributed by atoms with van der Waals surface area (Å²) in [5.74, 6) is -8.43. The van der Waals surface area contributed by atoms with Gasteiger partial charge in [0.25, 0.3) is 5.91 Å². The zero-order valence-electron chi connectivity index (χ0n) is 23.9. The van der Waals surface area contributed by atoms with Gasteiger partial charge in [-0.15, -0.1) is 0 Å². The second kappa shape index (κ2) is 10.5. The number of aromatic hydroxyl groups is 1. The molecule has 41 heavy (non-hydrogen) atoms. The molecule has 4 atom stereocenters. The van der Waals surface area contributed by atoms with Gasteiger partial charge in [0.1, 0.15) is 35.0 Å². The first-order chi connectivity index (χ1) is 19.0. The predicted molar refractivity (Wildman–Crippen MR) is 147 cm³/mol. The molecule has 6 N–H and O–H groups in total. The number of nitrogens with two attached hydrogens (primary N) is 1. The van der Waals surface area contributed by atoms with Crippen molar-refractivity contribution < 1.29 is 44.3 Å². The Morgan fingerprint density at radius 2 is 1.73 bits per heavy atom. The molecule has 1 saturated carbocycles. The van der Waals surface area contributed by atoms with Crippen LogP contribution < -0.4 is 10.6 Å². The van der Waals surface area contributed by atoms with Crippen LogP contribution in [0.15, 0.2) is 23.0 Å². The van der Waals surface area contributed by atoms with Crippen LogP contribution in [-0.4, -0.2) is 121 Å². The van der Waals surface area contributed by atoms with Crippen molar-refractivity contribution in [3.05, 3.63) is 39.7 Å². The molecule has 0 unspecified atom stereocenters. The van der Waals surface area contributed by atoms with Crippen LogP contribution in [0.3, 0.4) is 0 Å². The van der Waals surface area contributed by atoms with Crippen LogP contribution in [0, 0.1) is 11.8 Å². The Morgan fingerprint density at radius 1 is 1.10 bits per heavy atom. The van der Waals surface area contributed by atoms with Gasteiger partial charge < -0.3 is 40.7 Å². The number of likely N-dealkylation sites (N-methyl/N-ethyl adjacent to an activating group) is 2. The molecule has 1 amide bonds. The van der Waals surface area contributed by atoms with E-state index in [2.05, 4.69) is 0 Å². The normalized spacial score (nSPS) is 25.7. The average Bonchev–Trinajstić information content (AvgIpc) is 2.85. The number of nitrogens with zero attached hydrogens (tertiary/aromatic N) is 3. The maximum Gasteiger partial charge on any atom is 0.342 e. The number of amides is 1. The number of fused-ring (bicyclic) bond motifs is 3. The van der Waals surface area contributed by atoms with Crippen molar-refractivity contribution in [2.45, 2.75) is 24.5 Å². The van der Waals surface area contributed by atoms with Crippen molar-refractivity contribution in [1.29, 1.82) is 0 Å². The lowest BCUT2D eigenvalue weighted by atomic mass is 9.57. The number of phenols is 1. The number of rotatable bonds is 7. The lowest BCUT2D eigenvalue weighted by Gasteiger charge is -2.50. The molecule has 0 aliphatic heterocycles. The predicted octanol–water partition coefficient (Wildman–Crippen LogP) is -0.252. The van der Waals surface area contributed by atoms with E-state index in [0.717, 1.165) is 0 Å². The molecule has 1 aromatic carbocycles. The fraction of sp³-hybridized carbons (Fsp3) is 0.500. The third-order valence-electron chi connectivity index (χ3n) is 8.17. The summed E-state index contributed by atoms with van der Waals surface area (Å²) in [6, 6.07) is 0.278. The van der Waals surface area contributed by atoms with Gasteiger partial charge >= 0.3 is 5.97 Å². The number of ketones is 2. The van der Waals surface area contributed by atoms with E-state index in [1.807, 2.05) is 4.90 Å². The minimum Gasteiger partial charge on any atom is -0.508 e.